The Morgan fingerprint density at radius 2 is 2.14 bits per heavy atom. The van der Waals surface area contributed by atoms with E-state index in [0.717, 1.165) is 16.0 Å². The number of hydrogen-bond acceptors (Lipinski definition) is 6. The van der Waals surface area contributed by atoms with Crippen LogP contribution in [-0.4, -0.2) is 33.2 Å². The van der Waals surface area contributed by atoms with Crippen LogP contribution < -0.4 is 10.1 Å². The number of amides is 1. The molecule has 0 aliphatic carbocycles. The predicted octanol–water partition coefficient (Wildman–Crippen LogP) is 4.05. The molecule has 146 valence electrons. The molecule has 0 saturated carbocycles. The average Bonchev–Trinajstić information content (AvgIpc) is 3.22. The van der Waals surface area contributed by atoms with Crippen LogP contribution >= 0.6 is 11.8 Å². The lowest BCUT2D eigenvalue weighted by atomic mass is 10.1. The van der Waals surface area contributed by atoms with Crippen molar-refractivity contribution in [2.45, 2.75) is 10.8 Å². The largest absolute Gasteiger partial charge is 0.494 e. The van der Waals surface area contributed by atoms with Crippen LogP contribution in [0.25, 0.3) is 11.0 Å². The second kappa shape index (κ2) is 8.27. The molecule has 0 atom stereocenters. The van der Waals surface area contributed by atoms with Crippen LogP contribution in [0.4, 0.5) is 10.1 Å². The molecular weight excluding hydrogens is 393 g/mol. The van der Waals surface area contributed by atoms with Gasteiger partial charge in [0.15, 0.2) is 17.2 Å². The molecule has 29 heavy (non-hydrogen) atoms. The number of carbonyl (C=O) groups is 1. The van der Waals surface area contributed by atoms with E-state index in [1.807, 2.05) is 12.1 Å². The zero-order valence-corrected chi connectivity index (χ0v) is 16.2. The zero-order chi connectivity index (χ0) is 20.2. The first-order valence-electron chi connectivity index (χ1n) is 8.65. The van der Waals surface area contributed by atoms with Gasteiger partial charge in [0.2, 0.25) is 0 Å². The molecule has 0 radical (unpaired) electrons. The van der Waals surface area contributed by atoms with Crippen molar-refractivity contribution in [2.75, 3.05) is 12.4 Å². The molecule has 4 aromatic rings. The number of aromatic nitrogens is 4. The normalized spacial score (nSPS) is 10.8. The third-order valence-corrected chi connectivity index (χ3v) is 5.26. The Labute approximate surface area is 169 Å². The van der Waals surface area contributed by atoms with Crippen LogP contribution in [0.1, 0.15) is 15.9 Å². The highest BCUT2D eigenvalue weighted by atomic mass is 32.2. The highest BCUT2D eigenvalue weighted by Gasteiger charge is 2.11. The van der Waals surface area contributed by atoms with Crippen LogP contribution in [0.15, 0.2) is 60.0 Å². The number of nitrogens with zero attached hydrogens (tertiary/aromatic N) is 3. The molecule has 2 aromatic carbocycles. The number of carbonyl (C=O) groups excluding carboxylic acids is 1. The molecule has 0 spiro atoms. The van der Waals surface area contributed by atoms with Crippen molar-refractivity contribution in [3.8, 4) is 5.75 Å². The minimum Gasteiger partial charge on any atom is -0.494 e. The highest BCUT2D eigenvalue weighted by molar-refractivity contribution is 7.98. The van der Waals surface area contributed by atoms with Crippen LogP contribution in [0.5, 0.6) is 5.75 Å². The minimum atomic E-state index is -0.536. The number of hydrogen-bond donors (Lipinski definition) is 2. The van der Waals surface area contributed by atoms with Crippen LogP contribution in [-0.2, 0) is 5.75 Å². The molecule has 2 heterocycles. The number of benzene rings is 2. The molecule has 2 aromatic heterocycles. The molecule has 2 N–H and O–H groups in total. The van der Waals surface area contributed by atoms with Gasteiger partial charge in [0, 0.05) is 23.1 Å². The molecule has 0 unspecified atom stereocenters. The monoisotopic (exact) mass is 409 g/mol. The number of fused-ring (bicyclic) bond motifs is 1. The zero-order valence-electron chi connectivity index (χ0n) is 15.3. The number of H-pyrrole nitrogens is 1. The number of anilines is 1. The Kier molecular flexibility index (Phi) is 5.39. The summed E-state index contributed by atoms with van der Waals surface area (Å²) in [6.45, 7) is 0. The number of rotatable bonds is 6. The summed E-state index contributed by atoms with van der Waals surface area (Å²) in [5.74, 6) is -0.111. The topological polar surface area (TPSA) is 92.8 Å². The molecule has 9 heteroatoms. The molecule has 0 aliphatic heterocycles. The van der Waals surface area contributed by atoms with Crippen molar-refractivity contribution in [3.05, 3.63) is 71.9 Å². The van der Waals surface area contributed by atoms with Crippen molar-refractivity contribution >= 4 is 34.4 Å². The Morgan fingerprint density at radius 1 is 1.24 bits per heavy atom. The molecule has 0 saturated heterocycles. The Hall–Kier alpha value is -3.46. The molecular formula is C20H16FN5O2S. The van der Waals surface area contributed by atoms with E-state index < -0.39 is 5.82 Å². The predicted molar refractivity (Wildman–Crippen MR) is 109 cm³/mol. The van der Waals surface area contributed by atoms with E-state index >= 15 is 0 Å². The number of methoxy groups -OCH3 is 1. The quantitative estimate of drug-likeness (QED) is 0.369. The van der Waals surface area contributed by atoms with Gasteiger partial charge in [-0.25, -0.2) is 14.4 Å². The minimum absolute atomic E-state index is 0.124. The van der Waals surface area contributed by atoms with E-state index in [9.17, 15) is 9.18 Å². The van der Waals surface area contributed by atoms with Gasteiger partial charge >= 0.3 is 0 Å². The van der Waals surface area contributed by atoms with Gasteiger partial charge in [-0.05, 0) is 29.8 Å². The fourth-order valence-electron chi connectivity index (χ4n) is 2.76. The van der Waals surface area contributed by atoms with E-state index in [0.29, 0.717) is 22.7 Å². The number of halogens is 1. The Morgan fingerprint density at radius 3 is 2.97 bits per heavy atom. The van der Waals surface area contributed by atoms with E-state index in [-0.39, 0.29) is 11.7 Å². The lowest BCUT2D eigenvalue weighted by molar-refractivity contribution is 0.102. The molecule has 4 rings (SSSR count). The van der Waals surface area contributed by atoms with Crippen molar-refractivity contribution in [3.63, 3.8) is 0 Å². The average molecular weight is 409 g/mol. The van der Waals surface area contributed by atoms with Gasteiger partial charge in [-0.15, -0.1) is 11.8 Å². The Bertz CT molecular complexity index is 1180. The Balaban J connectivity index is 1.46. The summed E-state index contributed by atoms with van der Waals surface area (Å²) < 4.78 is 18.7. The van der Waals surface area contributed by atoms with Crippen molar-refractivity contribution in [1.82, 2.24) is 20.2 Å². The van der Waals surface area contributed by atoms with E-state index in [1.54, 1.807) is 24.4 Å². The number of nitrogens with one attached hydrogen (secondary N) is 2. The van der Waals surface area contributed by atoms with E-state index in [4.69, 9.17) is 4.74 Å². The molecule has 0 bridgehead atoms. The van der Waals surface area contributed by atoms with E-state index in [1.165, 1.54) is 37.3 Å². The fraction of sp³-hybridized carbons (Fsp3) is 0.100. The number of thioether (sulfide) groups is 1. The maximum atomic E-state index is 13.8. The molecule has 1 amide bonds. The summed E-state index contributed by atoms with van der Waals surface area (Å²) >= 11 is 1.53. The summed E-state index contributed by atoms with van der Waals surface area (Å²) in [6.07, 6.45) is 3.18. The van der Waals surface area contributed by atoms with Crippen molar-refractivity contribution in [2.24, 2.45) is 0 Å². The maximum Gasteiger partial charge on any atom is 0.255 e. The maximum absolute atomic E-state index is 13.8. The second-order valence-corrected chi connectivity index (χ2v) is 7.07. The number of ether oxygens (including phenoxy) is 1. The summed E-state index contributed by atoms with van der Waals surface area (Å²) in [7, 11) is 1.39. The lowest BCUT2D eigenvalue weighted by Gasteiger charge is -2.09. The van der Waals surface area contributed by atoms with E-state index in [2.05, 4.69) is 25.5 Å². The van der Waals surface area contributed by atoms with Gasteiger partial charge in [-0.2, -0.15) is 5.10 Å². The summed E-state index contributed by atoms with van der Waals surface area (Å²) in [5, 5.41) is 11.2. The van der Waals surface area contributed by atoms with Gasteiger partial charge in [0.25, 0.3) is 5.91 Å². The fourth-order valence-corrected chi connectivity index (χ4v) is 3.67. The standard InChI is InChI=1S/C20H16FN5O2S/c1-28-17-6-5-14(8-16(17)21)25-19(27)13-4-2-3-12(7-13)10-29-20-15-9-24-26-18(15)22-11-23-20/h2-9,11H,10H2,1H3,(H,25,27)(H,22,23,24,26). The molecule has 7 nitrogen and oxygen atoms in total. The van der Waals surface area contributed by atoms with Gasteiger partial charge in [-0.3, -0.25) is 9.89 Å². The first-order chi connectivity index (χ1) is 14.1. The summed E-state index contributed by atoms with van der Waals surface area (Å²) in [5.41, 5.74) is 2.48. The summed E-state index contributed by atoms with van der Waals surface area (Å²) in [4.78, 5) is 21.0. The first kappa shape index (κ1) is 18.9. The number of aromatic amines is 1. The van der Waals surface area contributed by atoms with Crippen molar-refractivity contribution < 1.29 is 13.9 Å². The molecule has 0 fully saturated rings. The molecule has 0 aliphatic rings. The third-order valence-electron chi connectivity index (χ3n) is 4.19. The van der Waals surface area contributed by atoms with Crippen LogP contribution in [0.3, 0.4) is 0 Å². The second-order valence-electron chi connectivity index (χ2n) is 6.10. The third kappa shape index (κ3) is 4.19. The van der Waals surface area contributed by atoms with Gasteiger partial charge < -0.3 is 10.1 Å². The first-order valence-corrected chi connectivity index (χ1v) is 9.63. The van der Waals surface area contributed by atoms with Gasteiger partial charge in [0.05, 0.1) is 18.7 Å². The summed E-state index contributed by atoms with van der Waals surface area (Å²) in [6, 6.07) is 11.5. The lowest BCUT2D eigenvalue weighted by Crippen LogP contribution is -2.12. The van der Waals surface area contributed by atoms with Crippen LogP contribution in [0.2, 0.25) is 0 Å². The van der Waals surface area contributed by atoms with Gasteiger partial charge in [-0.1, -0.05) is 12.1 Å². The van der Waals surface area contributed by atoms with Crippen LogP contribution in [0, 0.1) is 5.82 Å². The van der Waals surface area contributed by atoms with Crippen molar-refractivity contribution in [1.29, 1.82) is 0 Å². The highest BCUT2D eigenvalue weighted by Crippen LogP contribution is 2.27. The SMILES string of the molecule is COc1ccc(NC(=O)c2cccc(CSc3ncnc4[nH]ncc34)c2)cc1F. The van der Waals surface area contributed by atoms with Gasteiger partial charge in [0.1, 0.15) is 11.4 Å². The smallest absolute Gasteiger partial charge is 0.255 e.